The van der Waals surface area contributed by atoms with Gasteiger partial charge in [-0.25, -0.2) is 4.39 Å². The summed E-state index contributed by atoms with van der Waals surface area (Å²) in [4.78, 5) is 2.34. The summed E-state index contributed by atoms with van der Waals surface area (Å²) in [6.07, 6.45) is 0. The molecule has 1 heterocycles. The molecule has 0 spiro atoms. The van der Waals surface area contributed by atoms with Crippen LogP contribution in [0.1, 0.15) is 17.0 Å². The van der Waals surface area contributed by atoms with Crippen LogP contribution in [0.25, 0.3) is 0 Å². The van der Waals surface area contributed by atoms with Gasteiger partial charge in [-0.1, -0.05) is 42.5 Å². The molecule has 1 saturated heterocycles. The van der Waals surface area contributed by atoms with Gasteiger partial charge in [-0.2, -0.15) is 0 Å². The molecule has 0 amide bonds. The maximum absolute atomic E-state index is 13.3. The Morgan fingerprint density at radius 3 is 2.60 bits per heavy atom. The van der Waals surface area contributed by atoms with Crippen LogP contribution in [0.4, 0.5) is 4.39 Å². The molecule has 2 aromatic carbocycles. The number of hydrogen-bond acceptors (Lipinski definition) is 2. The van der Waals surface area contributed by atoms with E-state index in [9.17, 15) is 4.39 Å². The Hall–Kier alpha value is -1.71. The van der Waals surface area contributed by atoms with E-state index in [1.807, 2.05) is 12.1 Å². The lowest BCUT2D eigenvalue weighted by Crippen LogP contribution is -2.28. The summed E-state index contributed by atoms with van der Waals surface area (Å²) < 4.78 is 13.3. The molecule has 2 N–H and O–H groups in total. The van der Waals surface area contributed by atoms with Crippen molar-refractivity contribution in [3.05, 3.63) is 71.5 Å². The summed E-state index contributed by atoms with van der Waals surface area (Å²) >= 11 is 0. The summed E-state index contributed by atoms with van der Waals surface area (Å²) in [7, 11) is 0. The highest BCUT2D eigenvalue weighted by molar-refractivity contribution is 5.25. The predicted octanol–water partition coefficient (Wildman–Crippen LogP) is 2.75. The van der Waals surface area contributed by atoms with Gasteiger partial charge in [0.15, 0.2) is 0 Å². The van der Waals surface area contributed by atoms with Crippen molar-refractivity contribution in [2.45, 2.75) is 18.5 Å². The molecule has 2 atom stereocenters. The molecule has 1 aliphatic heterocycles. The van der Waals surface area contributed by atoms with Crippen molar-refractivity contribution in [1.29, 1.82) is 0 Å². The second-order valence-corrected chi connectivity index (χ2v) is 5.51. The Morgan fingerprint density at radius 1 is 1.05 bits per heavy atom. The monoisotopic (exact) mass is 270 g/mol. The molecule has 3 rings (SSSR count). The Morgan fingerprint density at radius 2 is 1.85 bits per heavy atom. The maximum atomic E-state index is 13.3. The summed E-state index contributed by atoms with van der Waals surface area (Å²) in [5, 5.41) is 0. The molecule has 1 fully saturated rings. The van der Waals surface area contributed by atoms with Crippen molar-refractivity contribution in [3.8, 4) is 0 Å². The molecule has 2 aromatic rings. The van der Waals surface area contributed by atoms with E-state index in [1.165, 1.54) is 11.6 Å². The number of hydrogen-bond donors (Lipinski definition) is 1. The lowest BCUT2D eigenvalue weighted by molar-refractivity contribution is 0.324. The second-order valence-electron chi connectivity index (χ2n) is 5.51. The van der Waals surface area contributed by atoms with Crippen molar-refractivity contribution in [3.63, 3.8) is 0 Å². The lowest BCUT2D eigenvalue weighted by Gasteiger charge is -2.16. The number of likely N-dealkylation sites (tertiary alicyclic amines) is 1. The van der Waals surface area contributed by atoms with Gasteiger partial charge in [-0.15, -0.1) is 0 Å². The predicted molar refractivity (Wildman–Crippen MR) is 78.8 cm³/mol. The SMILES string of the molecule is N[C@@H]1CN(Cc2ccccc2)C[C@H]1c1cccc(F)c1. The fourth-order valence-electron chi connectivity index (χ4n) is 2.97. The zero-order chi connectivity index (χ0) is 13.9. The minimum atomic E-state index is -0.184. The van der Waals surface area contributed by atoms with Gasteiger partial charge in [-0.3, -0.25) is 4.90 Å². The van der Waals surface area contributed by atoms with Gasteiger partial charge in [-0.05, 0) is 23.3 Å². The van der Waals surface area contributed by atoms with Crippen LogP contribution in [-0.4, -0.2) is 24.0 Å². The third kappa shape index (κ3) is 2.89. The third-order valence-electron chi connectivity index (χ3n) is 3.97. The Balaban J connectivity index is 1.71. The van der Waals surface area contributed by atoms with E-state index in [0.717, 1.165) is 25.2 Å². The average molecular weight is 270 g/mol. The molecule has 0 aromatic heterocycles. The first-order valence-corrected chi connectivity index (χ1v) is 7.00. The van der Waals surface area contributed by atoms with E-state index < -0.39 is 0 Å². The van der Waals surface area contributed by atoms with Gasteiger partial charge in [0, 0.05) is 31.6 Å². The zero-order valence-electron chi connectivity index (χ0n) is 11.4. The van der Waals surface area contributed by atoms with E-state index in [4.69, 9.17) is 5.73 Å². The second kappa shape index (κ2) is 5.73. The molecule has 20 heavy (non-hydrogen) atoms. The Labute approximate surface area is 119 Å². The molecule has 3 heteroatoms. The van der Waals surface area contributed by atoms with Crippen molar-refractivity contribution < 1.29 is 4.39 Å². The first-order valence-electron chi connectivity index (χ1n) is 7.00. The van der Waals surface area contributed by atoms with E-state index in [1.54, 1.807) is 12.1 Å². The molecule has 0 unspecified atom stereocenters. The Bertz CT molecular complexity index is 570. The van der Waals surface area contributed by atoms with Crippen LogP contribution in [0.5, 0.6) is 0 Å². The van der Waals surface area contributed by atoms with E-state index in [0.29, 0.717) is 0 Å². The van der Waals surface area contributed by atoms with Crippen molar-refractivity contribution in [2.24, 2.45) is 5.73 Å². The standard InChI is InChI=1S/C17H19FN2/c18-15-8-4-7-14(9-15)16-11-20(12-17(16)19)10-13-5-2-1-3-6-13/h1-9,16-17H,10-12,19H2/t16-,17+/m0/s1. The lowest BCUT2D eigenvalue weighted by atomic mass is 9.95. The van der Waals surface area contributed by atoms with Crippen LogP contribution in [0.2, 0.25) is 0 Å². The van der Waals surface area contributed by atoms with Crippen molar-refractivity contribution in [1.82, 2.24) is 4.90 Å². The summed E-state index contributed by atoms with van der Waals surface area (Å²) in [6.45, 7) is 2.65. The molecule has 104 valence electrons. The number of halogens is 1. The molecule has 0 aliphatic carbocycles. The van der Waals surface area contributed by atoms with Crippen LogP contribution in [0.3, 0.4) is 0 Å². The highest BCUT2D eigenvalue weighted by atomic mass is 19.1. The van der Waals surface area contributed by atoms with Gasteiger partial charge in [0.25, 0.3) is 0 Å². The first-order chi connectivity index (χ1) is 9.72. The normalized spacial score (nSPS) is 23.1. The number of nitrogens with two attached hydrogens (primary N) is 1. The molecule has 2 nitrogen and oxygen atoms in total. The largest absolute Gasteiger partial charge is 0.326 e. The van der Waals surface area contributed by atoms with Gasteiger partial charge in [0.2, 0.25) is 0 Å². The van der Waals surface area contributed by atoms with Crippen LogP contribution in [-0.2, 0) is 6.54 Å². The van der Waals surface area contributed by atoms with Gasteiger partial charge in [0.05, 0.1) is 0 Å². The number of nitrogens with zero attached hydrogens (tertiary/aromatic N) is 1. The molecule has 0 bridgehead atoms. The van der Waals surface area contributed by atoms with Crippen LogP contribution in [0, 0.1) is 5.82 Å². The van der Waals surface area contributed by atoms with Gasteiger partial charge < -0.3 is 5.73 Å². The fraction of sp³-hybridized carbons (Fsp3) is 0.294. The minimum absolute atomic E-state index is 0.0699. The molecule has 1 aliphatic rings. The highest BCUT2D eigenvalue weighted by Gasteiger charge is 2.31. The average Bonchev–Trinajstić information content (AvgIpc) is 2.81. The molecule has 0 radical (unpaired) electrons. The maximum Gasteiger partial charge on any atom is 0.123 e. The number of benzene rings is 2. The van der Waals surface area contributed by atoms with Crippen LogP contribution < -0.4 is 5.73 Å². The fourth-order valence-corrected chi connectivity index (χ4v) is 2.97. The molecular weight excluding hydrogens is 251 g/mol. The summed E-state index contributed by atoms with van der Waals surface area (Å²) in [5.74, 6) is 0.0330. The zero-order valence-corrected chi connectivity index (χ0v) is 11.4. The molecule has 0 saturated carbocycles. The van der Waals surface area contributed by atoms with E-state index in [2.05, 4.69) is 29.2 Å². The highest BCUT2D eigenvalue weighted by Crippen LogP contribution is 2.27. The van der Waals surface area contributed by atoms with E-state index in [-0.39, 0.29) is 17.8 Å². The van der Waals surface area contributed by atoms with Crippen LogP contribution >= 0.6 is 0 Å². The minimum Gasteiger partial charge on any atom is -0.326 e. The van der Waals surface area contributed by atoms with Crippen molar-refractivity contribution in [2.75, 3.05) is 13.1 Å². The van der Waals surface area contributed by atoms with E-state index >= 15 is 0 Å². The smallest absolute Gasteiger partial charge is 0.123 e. The third-order valence-corrected chi connectivity index (χ3v) is 3.97. The summed E-state index contributed by atoms with van der Waals surface area (Å²) in [6, 6.07) is 17.3. The van der Waals surface area contributed by atoms with Gasteiger partial charge in [0.1, 0.15) is 5.82 Å². The molecular formula is C17H19FN2. The van der Waals surface area contributed by atoms with Crippen molar-refractivity contribution >= 4 is 0 Å². The topological polar surface area (TPSA) is 29.3 Å². The first kappa shape index (κ1) is 13.3. The van der Waals surface area contributed by atoms with Crippen LogP contribution in [0.15, 0.2) is 54.6 Å². The number of rotatable bonds is 3. The van der Waals surface area contributed by atoms with Gasteiger partial charge >= 0.3 is 0 Å². The Kier molecular flexibility index (Phi) is 3.81. The quantitative estimate of drug-likeness (QED) is 0.929. The summed E-state index contributed by atoms with van der Waals surface area (Å²) in [5.41, 5.74) is 8.54.